The fraction of sp³-hybridized carbons (Fsp3) is 0.632. The standard InChI is InChI=1S/C19H27N5O/c1-13-6-7-14(2)24(13)17-5-4-10-22(12-17)19(25)16-8-9-18-21-20-15(3)23(18)11-16/h8-9,11,13-14,17H,4-7,10,12H2,1-3H3/t13-,14-,17+/m1/s1. The lowest BCUT2D eigenvalue weighted by Gasteiger charge is -2.41. The molecule has 2 aromatic rings. The maximum absolute atomic E-state index is 13.1. The van der Waals surface area contributed by atoms with Gasteiger partial charge in [0.15, 0.2) is 5.65 Å². The van der Waals surface area contributed by atoms with Crippen LogP contribution in [-0.4, -0.2) is 61.5 Å². The van der Waals surface area contributed by atoms with Crippen molar-refractivity contribution in [3.63, 3.8) is 0 Å². The lowest BCUT2D eigenvalue weighted by molar-refractivity contribution is 0.0486. The van der Waals surface area contributed by atoms with Crippen LogP contribution in [0.25, 0.3) is 5.65 Å². The molecule has 3 atom stereocenters. The first kappa shape index (κ1) is 16.5. The summed E-state index contributed by atoms with van der Waals surface area (Å²) in [5.41, 5.74) is 1.50. The van der Waals surface area contributed by atoms with E-state index in [0.29, 0.717) is 18.1 Å². The normalized spacial score (nSPS) is 28.0. The van der Waals surface area contributed by atoms with Gasteiger partial charge in [0.25, 0.3) is 5.91 Å². The Morgan fingerprint density at radius 2 is 1.88 bits per heavy atom. The minimum atomic E-state index is 0.124. The Kier molecular flexibility index (Phi) is 4.23. The van der Waals surface area contributed by atoms with Crippen molar-refractivity contribution in [3.05, 3.63) is 29.7 Å². The van der Waals surface area contributed by atoms with Crippen molar-refractivity contribution < 1.29 is 4.79 Å². The fourth-order valence-electron chi connectivity index (χ4n) is 4.63. The zero-order valence-corrected chi connectivity index (χ0v) is 15.4. The van der Waals surface area contributed by atoms with Crippen molar-refractivity contribution in [3.8, 4) is 0 Å². The molecule has 134 valence electrons. The molecule has 2 aliphatic rings. The van der Waals surface area contributed by atoms with Crippen molar-refractivity contribution in [2.24, 2.45) is 0 Å². The van der Waals surface area contributed by atoms with Gasteiger partial charge >= 0.3 is 0 Å². The number of fused-ring (bicyclic) bond motifs is 1. The molecule has 0 spiro atoms. The number of carbonyl (C=O) groups is 1. The van der Waals surface area contributed by atoms with Crippen LogP contribution in [0.5, 0.6) is 0 Å². The predicted octanol–water partition coefficient (Wildman–Crippen LogP) is 2.52. The Bertz CT molecular complexity index is 775. The number of hydrogen-bond donors (Lipinski definition) is 0. The topological polar surface area (TPSA) is 53.7 Å². The van der Waals surface area contributed by atoms with Crippen LogP contribution in [0.2, 0.25) is 0 Å². The summed E-state index contributed by atoms with van der Waals surface area (Å²) in [6.45, 7) is 8.25. The second-order valence-electron chi connectivity index (χ2n) is 7.66. The summed E-state index contributed by atoms with van der Waals surface area (Å²) >= 11 is 0. The Hall–Kier alpha value is -1.95. The minimum absolute atomic E-state index is 0.124. The van der Waals surface area contributed by atoms with Gasteiger partial charge in [-0.05, 0) is 58.6 Å². The van der Waals surface area contributed by atoms with Gasteiger partial charge in [0.05, 0.1) is 5.56 Å². The van der Waals surface area contributed by atoms with Crippen molar-refractivity contribution in [2.45, 2.75) is 64.6 Å². The number of likely N-dealkylation sites (tertiary alicyclic amines) is 2. The van der Waals surface area contributed by atoms with E-state index in [9.17, 15) is 4.79 Å². The van der Waals surface area contributed by atoms with Crippen molar-refractivity contribution in [1.29, 1.82) is 0 Å². The third-order valence-corrected chi connectivity index (χ3v) is 5.95. The molecule has 4 heterocycles. The first-order valence-corrected chi connectivity index (χ1v) is 9.42. The number of rotatable bonds is 2. The Morgan fingerprint density at radius 1 is 1.12 bits per heavy atom. The van der Waals surface area contributed by atoms with E-state index in [1.54, 1.807) is 0 Å². The molecule has 0 radical (unpaired) electrons. The van der Waals surface area contributed by atoms with Crippen LogP contribution < -0.4 is 0 Å². The molecule has 2 aliphatic heterocycles. The van der Waals surface area contributed by atoms with Crippen LogP contribution in [-0.2, 0) is 0 Å². The van der Waals surface area contributed by atoms with E-state index in [1.807, 2.05) is 34.6 Å². The van der Waals surface area contributed by atoms with Crippen molar-refractivity contribution in [2.75, 3.05) is 13.1 Å². The molecule has 2 aromatic heterocycles. The molecule has 0 unspecified atom stereocenters. The summed E-state index contributed by atoms with van der Waals surface area (Å²) in [6.07, 6.45) is 6.70. The highest BCUT2D eigenvalue weighted by Gasteiger charge is 2.36. The van der Waals surface area contributed by atoms with Crippen LogP contribution in [0.3, 0.4) is 0 Å². The minimum Gasteiger partial charge on any atom is -0.337 e. The number of hydrogen-bond acceptors (Lipinski definition) is 4. The van der Waals surface area contributed by atoms with E-state index in [0.717, 1.165) is 36.5 Å². The number of carbonyl (C=O) groups excluding carboxylic acids is 1. The van der Waals surface area contributed by atoms with E-state index < -0.39 is 0 Å². The van der Waals surface area contributed by atoms with Gasteiger partial charge in [-0.3, -0.25) is 14.1 Å². The summed E-state index contributed by atoms with van der Waals surface area (Å²) in [5, 5.41) is 8.16. The number of amides is 1. The van der Waals surface area contributed by atoms with Gasteiger partial charge in [-0.1, -0.05) is 0 Å². The average Bonchev–Trinajstić information content (AvgIpc) is 3.16. The first-order chi connectivity index (χ1) is 12.0. The van der Waals surface area contributed by atoms with E-state index in [-0.39, 0.29) is 5.91 Å². The number of aryl methyl sites for hydroxylation is 1. The first-order valence-electron chi connectivity index (χ1n) is 9.42. The Labute approximate surface area is 148 Å². The van der Waals surface area contributed by atoms with Gasteiger partial charge in [-0.25, -0.2) is 0 Å². The number of nitrogens with zero attached hydrogens (tertiary/aromatic N) is 5. The van der Waals surface area contributed by atoms with Crippen LogP contribution in [0.15, 0.2) is 18.3 Å². The van der Waals surface area contributed by atoms with Gasteiger partial charge < -0.3 is 4.90 Å². The molecule has 6 nitrogen and oxygen atoms in total. The van der Waals surface area contributed by atoms with Crippen LogP contribution >= 0.6 is 0 Å². The van der Waals surface area contributed by atoms with Crippen molar-refractivity contribution in [1.82, 2.24) is 24.4 Å². The lowest BCUT2D eigenvalue weighted by Crippen LogP contribution is -2.52. The molecule has 0 saturated carbocycles. The second kappa shape index (κ2) is 6.41. The van der Waals surface area contributed by atoms with Crippen LogP contribution in [0.4, 0.5) is 0 Å². The van der Waals surface area contributed by atoms with Crippen LogP contribution in [0.1, 0.15) is 55.7 Å². The average molecular weight is 341 g/mol. The molecule has 0 bridgehead atoms. The summed E-state index contributed by atoms with van der Waals surface area (Å²) < 4.78 is 1.89. The maximum atomic E-state index is 13.1. The predicted molar refractivity (Wildman–Crippen MR) is 96.6 cm³/mol. The SMILES string of the molecule is Cc1nnc2ccc(C(=O)N3CCC[C@H](N4[C@H](C)CC[C@H]4C)C3)cn12. The molecule has 0 N–H and O–H groups in total. The zero-order valence-electron chi connectivity index (χ0n) is 15.4. The van der Waals surface area contributed by atoms with E-state index >= 15 is 0 Å². The van der Waals surface area contributed by atoms with Gasteiger partial charge in [0, 0.05) is 37.4 Å². The Morgan fingerprint density at radius 3 is 2.64 bits per heavy atom. The molecule has 6 heteroatoms. The molecule has 0 aliphatic carbocycles. The van der Waals surface area contributed by atoms with Gasteiger partial charge in [-0.2, -0.15) is 0 Å². The molecule has 2 fully saturated rings. The quantitative estimate of drug-likeness (QED) is 0.842. The summed E-state index contributed by atoms with van der Waals surface area (Å²) in [7, 11) is 0. The molecule has 1 amide bonds. The highest BCUT2D eigenvalue weighted by molar-refractivity contribution is 5.94. The Balaban J connectivity index is 1.53. The zero-order chi connectivity index (χ0) is 17.6. The summed E-state index contributed by atoms with van der Waals surface area (Å²) in [5.74, 6) is 0.931. The van der Waals surface area contributed by atoms with Gasteiger partial charge in [0.1, 0.15) is 5.82 Å². The number of piperidine rings is 1. The molecule has 25 heavy (non-hydrogen) atoms. The number of aromatic nitrogens is 3. The van der Waals surface area contributed by atoms with Gasteiger partial charge in [-0.15, -0.1) is 10.2 Å². The lowest BCUT2D eigenvalue weighted by atomic mass is 10.0. The summed E-state index contributed by atoms with van der Waals surface area (Å²) in [4.78, 5) is 17.7. The fourth-order valence-corrected chi connectivity index (χ4v) is 4.63. The highest BCUT2D eigenvalue weighted by Crippen LogP contribution is 2.30. The maximum Gasteiger partial charge on any atom is 0.255 e. The van der Waals surface area contributed by atoms with Crippen molar-refractivity contribution >= 4 is 11.6 Å². The third-order valence-electron chi connectivity index (χ3n) is 5.95. The molecule has 4 rings (SSSR count). The van der Waals surface area contributed by atoms with Gasteiger partial charge in [0.2, 0.25) is 0 Å². The molecular formula is C19H27N5O. The molecule has 0 aromatic carbocycles. The monoisotopic (exact) mass is 341 g/mol. The smallest absolute Gasteiger partial charge is 0.255 e. The molecule has 2 saturated heterocycles. The largest absolute Gasteiger partial charge is 0.337 e. The number of pyridine rings is 1. The van der Waals surface area contributed by atoms with Crippen LogP contribution in [0, 0.1) is 6.92 Å². The highest BCUT2D eigenvalue weighted by atomic mass is 16.2. The second-order valence-corrected chi connectivity index (χ2v) is 7.66. The molecular weight excluding hydrogens is 314 g/mol. The third kappa shape index (κ3) is 2.92. The van der Waals surface area contributed by atoms with E-state index in [4.69, 9.17) is 0 Å². The summed E-state index contributed by atoms with van der Waals surface area (Å²) in [6, 6.07) is 5.50. The van der Waals surface area contributed by atoms with E-state index in [1.165, 1.54) is 19.3 Å². The van der Waals surface area contributed by atoms with E-state index in [2.05, 4.69) is 28.9 Å².